The predicted molar refractivity (Wildman–Crippen MR) is 126 cm³/mol. The number of rotatable bonds is 6. The molecule has 5 rings (SSSR count). The highest BCUT2D eigenvalue weighted by Gasteiger charge is 2.29. The third-order valence-electron chi connectivity index (χ3n) is 6.46. The highest BCUT2D eigenvalue weighted by molar-refractivity contribution is 5.59. The largest absolute Gasteiger partial charge is 0.472 e. The van der Waals surface area contributed by atoms with Crippen molar-refractivity contribution >= 4 is 5.82 Å². The van der Waals surface area contributed by atoms with Crippen LogP contribution in [0.3, 0.4) is 0 Å². The molecule has 2 aliphatic rings. The van der Waals surface area contributed by atoms with Crippen molar-refractivity contribution in [1.82, 2.24) is 15.1 Å². The fraction of sp³-hybridized carbons (Fsp3) is 0.385. The van der Waals surface area contributed by atoms with Gasteiger partial charge in [0, 0.05) is 31.7 Å². The van der Waals surface area contributed by atoms with Crippen molar-refractivity contribution in [2.75, 3.05) is 31.1 Å². The molecule has 1 aromatic heterocycles. The van der Waals surface area contributed by atoms with Crippen LogP contribution < -0.4 is 9.64 Å². The molecule has 0 spiro atoms. The molecular formula is C26H30N4O2. The summed E-state index contributed by atoms with van der Waals surface area (Å²) >= 11 is 0. The monoisotopic (exact) mass is 430 g/mol. The van der Waals surface area contributed by atoms with Crippen LogP contribution in [0.25, 0.3) is 11.3 Å². The number of aromatic nitrogens is 2. The van der Waals surface area contributed by atoms with Gasteiger partial charge in [0.15, 0.2) is 12.0 Å². The predicted octanol–water partition coefficient (Wildman–Crippen LogP) is 3.54. The molecule has 6 heteroatoms. The fourth-order valence-corrected chi connectivity index (χ4v) is 4.70. The number of aliphatic hydroxyl groups is 1. The number of aliphatic hydroxyl groups excluding tert-OH is 1. The Morgan fingerprint density at radius 3 is 2.38 bits per heavy atom. The van der Waals surface area contributed by atoms with Gasteiger partial charge in [0.1, 0.15) is 11.9 Å². The normalized spacial score (nSPS) is 18.2. The van der Waals surface area contributed by atoms with Gasteiger partial charge < -0.3 is 14.7 Å². The molecule has 1 fully saturated rings. The highest BCUT2D eigenvalue weighted by atomic mass is 16.5. The summed E-state index contributed by atoms with van der Waals surface area (Å²) in [6.07, 6.45) is 2.56. The van der Waals surface area contributed by atoms with Crippen molar-refractivity contribution in [2.24, 2.45) is 0 Å². The van der Waals surface area contributed by atoms with E-state index < -0.39 is 6.10 Å². The van der Waals surface area contributed by atoms with Gasteiger partial charge >= 0.3 is 0 Å². The van der Waals surface area contributed by atoms with Crippen molar-refractivity contribution in [3.63, 3.8) is 0 Å². The summed E-state index contributed by atoms with van der Waals surface area (Å²) in [6.45, 7) is 5.02. The fourth-order valence-electron chi connectivity index (χ4n) is 4.70. The first kappa shape index (κ1) is 20.9. The van der Waals surface area contributed by atoms with Crippen molar-refractivity contribution < 1.29 is 9.84 Å². The van der Waals surface area contributed by atoms with Gasteiger partial charge in [-0.2, -0.15) is 0 Å². The molecule has 32 heavy (non-hydrogen) atoms. The van der Waals surface area contributed by atoms with Crippen LogP contribution in [0.15, 0.2) is 60.7 Å². The summed E-state index contributed by atoms with van der Waals surface area (Å²) in [6, 6.07) is 20.5. The van der Waals surface area contributed by atoms with E-state index >= 15 is 0 Å². The second-order valence-corrected chi connectivity index (χ2v) is 8.70. The minimum absolute atomic E-state index is 0.358. The zero-order chi connectivity index (χ0) is 21.9. The Balaban J connectivity index is 1.22. The van der Waals surface area contributed by atoms with E-state index in [0.29, 0.717) is 0 Å². The van der Waals surface area contributed by atoms with Crippen LogP contribution >= 0.6 is 0 Å². The molecule has 1 aliphatic heterocycles. The number of ether oxygens (including phenoxy) is 1. The van der Waals surface area contributed by atoms with Crippen molar-refractivity contribution in [2.45, 2.75) is 38.5 Å². The third-order valence-corrected chi connectivity index (χ3v) is 6.46. The zero-order valence-electron chi connectivity index (χ0n) is 18.5. The van der Waals surface area contributed by atoms with E-state index in [1.165, 1.54) is 17.5 Å². The lowest BCUT2D eigenvalue weighted by Crippen LogP contribution is -2.55. The van der Waals surface area contributed by atoms with Crippen LogP contribution in [0.5, 0.6) is 5.75 Å². The Morgan fingerprint density at radius 2 is 1.66 bits per heavy atom. The standard InChI is InChI=1S/C26H30N4O2/c1-19(31)26(32-23-11-10-20-8-5-9-22(20)18-23)30-16-14-29(15-17-30)25-13-12-24(27-28-25)21-6-3-2-4-7-21/h2-4,6-7,10-13,18-19,26,31H,5,8-9,14-17H2,1H3. The quantitative estimate of drug-likeness (QED) is 0.646. The minimum atomic E-state index is -0.584. The van der Waals surface area contributed by atoms with Gasteiger partial charge in [-0.3, -0.25) is 4.90 Å². The second-order valence-electron chi connectivity index (χ2n) is 8.70. The molecule has 0 bridgehead atoms. The Morgan fingerprint density at radius 1 is 0.875 bits per heavy atom. The minimum Gasteiger partial charge on any atom is -0.472 e. The van der Waals surface area contributed by atoms with Gasteiger partial charge in [0.05, 0.1) is 5.69 Å². The lowest BCUT2D eigenvalue weighted by Gasteiger charge is -2.40. The maximum atomic E-state index is 10.4. The number of nitrogens with zero attached hydrogens (tertiary/aromatic N) is 4. The van der Waals surface area contributed by atoms with Gasteiger partial charge in [-0.15, -0.1) is 10.2 Å². The Labute approximate surface area is 189 Å². The van der Waals surface area contributed by atoms with Crippen LogP contribution in [-0.4, -0.2) is 58.7 Å². The molecule has 0 saturated carbocycles. The van der Waals surface area contributed by atoms with Gasteiger partial charge in [-0.25, -0.2) is 0 Å². The van der Waals surface area contributed by atoms with Crippen LogP contribution in [0, 0.1) is 0 Å². The third kappa shape index (κ3) is 4.47. The SMILES string of the molecule is CC(O)C(Oc1ccc2c(c1)CCC2)N1CCN(c2ccc(-c3ccccc3)nn2)CC1. The molecule has 2 heterocycles. The van der Waals surface area contributed by atoms with Crippen LogP contribution in [-0.2, 0) is 12.8 Å². The summed E-state index contributed by atoms with van der Waals surface area (Å²) < 4.78 is 6.28. The number of benzene rings is 2. The lowest BCUT2D eigenvalue weighted by molar-refractivity contribution is -0.0602. The summed E-state index contributed by atoms with van der Waals surface area (Å²) in [4.78, 5) is 4.47. The summed E-state index contributed by atoms with van der Waals surface area (Å²) in [5.74, 6) is 1.74. The van der Waals surface area contributed by atoms with E-state index in [-0.39, 0.29) is 6.23 Å². The molecule has 1 saturated heterocycles. The van der Waals surface area contributed by atoms with Gasteiger partial charge in [0.25, 0.3) is 0 Å². The van der Waals surface area contributed by atoms with Gasteiger partial charge in [-0.05, 0) is 61.6 Å². The van der Waals surface area contributed by atoms with E-state index in [0.717, 1.165) is 61.8 Å². The van der Waals surface area contributed by atoms with Crippen LogP contribution in [0.1, 0.15) is 24.5 Å². The van der Waals surface area contributed by atoms with Crippen molar-refractivity contribution in [3.8, 4) is 17.0 Å². The summed E-state index contributed by atoms with van der Waals surface area (Å²) in [7, 11) is 0. The molecule has 2 aromatic carbocycles. The number of fused-ring (bicyclic) bond motifs is 1. The Hall–Kier alpha value is -2.96. The van der Waals surface area contributed by atoms with Crippen LogP contribution in [0.2, 0.25) is 0 Å². The van der Waals surface area contributed by atoms with Crippen LogP contribution in [0.4, 0.5) is 5.82 Å². The lowest BCUT2D eigenvalue weighted by atomic mass is 10.1. The zero-order valence-corrected chi connectivity index (χ0v) is 18.5. The summed E-state index contributed by atoms with van der Waals surface area (Å²) in [5, 5.41) is 19.3. The Bertz CT molecular complexity index is 1030. The Kier molecular flexibility index (Phi) is 6.06. The number of piperazine rings is 1. The van der Waals surface area contributed by atoms with Gasteiger partial charge in [-0.1, -0.05) is 36.4 Å². The number of hydrogen-bond acceptors (Lipinski definition) is 6. The van der Waals surface area contributed by atoms with E-state index in [4.69, 9.17) is 4.74 Å². The molecule has 3 aromatic rings. The average Bonchev–Trinajstić information content (AvgIpc) is 3.31. The van der Waals surface area contributed by atoms with E-state index in [1.807, 2.05) is 48.5 Å². The first-order valence-electron chi connectivity index (χ1n) is 11.5. The topological polar surface area (TPSA) is 61.7 Å². The molecule has 6 nitrogen and oxygen atoms in total. The maximum absolute atomic E-state index is 10.4. The van der Waals surface area contributed by atoms with Gasteiger partial charge in [0.2, 0.25) is 0 Å². The number of aryl methyl sites for hydroxylation is 2. The number of hydrogen-bond donors (Lipinski definition) is 1. The highest BCUT2D eigenvalue weighted by Crippen LogP contribution is 2.28. The smallest absolute Gasteiger partial charge is 0.178 e. The van der Waals surface area contributed by atoms with E-state index in [2.05, 4.69) is 32.1 Å². The summed E-state index contributed by atoms with van der Waals surface area (Å²) in [5.41, 5.74) is 4.76. The first-order valence-corrected chi connectivity index (χ1v) is 11.5. The first-order chi connectivity index (χ1) is 15.7. The van der Waals surface area contributed by atoms with Crippen molar-refractivity contribution in [1.29, 1.82) is 0 Å². The molecule has 2 atom stereocenters. The average molecular weight is 431 g/mol. The molecule has 166 valence electrons. The molecule has 2 unspecified atom stereocenters. The molecule has 0 amide bonds. The van der Waals surface area contributed by atoms with E-state index in [1.54, 1.807) is 6.92 Å². The molecule has 0 radical (unpaired) electrons. The molecule has 1 aliphatic carbocycles. The molecule has 1 N–H and O–H groups in total. The molecular weight excluding hydrogens is 400 g/mol. The maximum Gasteiger partial charge on any atom is 0.178 e. The number of anilines is 1. The van der Waals surface area contributed by atoms with Crippen molar-refractivity contribution in [3.05, 3.63) is 71.8 Å². The van der Waals surface area contributed by atoms with E-state index in [9.17, 15) is 5.11 Å². The second kappa shape index (κ2) is 9.27.